The van der Waals surface area contributed by atoms with Gasteiger partial charge >= 0.3 is 5.97 Å². The van der Waals surface area contributed by atoms with Gasteiger partial charge in [-0.05, 0) is 57.7 Å². The van der Waals surface area contributed by atoms with Crippen molar-refractivity contribution in [2.24, 2.45) is 10.5 Å². The highest BCUT2D eigenvalue weighted by Gasteiger charge is 2.50. The molecule has 1 aliphatic carbocycles. The molecule has 0 bridgehead atoms. The molecule has 2 fully saturated rings. The van der Waals surface area contributed by atoms with E-state index < -0.39 is 0 Å². The van der Waals surface area contributed by atoms with Crippen LogP contribution in [0.25, 0.3) is 0 Å². The number of cyclic esters (lactones) is 1. The minimum absolute atomic E-state index is 0.0139. The molecule has 1 spiro atoms. The summed E-state index contributed by atoms with van der Waals surface area (Å²) in [6.07, 6.45) is 7.64. The van der Waals surface area contributed by atoms with Crippen LogP contribution >= 0.6 is 0 Å². The smallest absolute Gasteiger partial charge is 0.336 e. The van der Waals surface area contributed by atoms with Gasteiger partial charge in [0.1, 0.15) is 18.8 Å². The highest BCUT2D eigenvalue weighted by Crippen LogP contribution is 2.47. The molecule has 11 nitrogen and oxygen atoms in total. The molecular weight excluding hydrogens is 450 g/mol. The van der Waals surface area contributed by atoms with Crippen LogP contribution in [0.3, 0.4) is 0 Å². The summed E-state index contributed by atoms with van der Waals surface area (Å²) in [6.45, 7) is 2.56. The van der Waals surface area contributed by atoms with Crippen LogP contribution in [0.15, 0.2) is 34.7 Å². The van der Waals surface area contributed by atoms with E-state index in [4.69, 9.17) is 4.74 Å². The number of ether oxygens (including phenoxy) is 1. The second-order valence-electron chi connectivity index (χ2n) is 9.89. The number of likely N-dealkylation sites (N-methyl/N-ethyl adjacent to an activating group) is 1. The molecule has 0 radical (unpaired) electrons. The normalized spacial score (nSPS) is 28.0. The first-order valence-electron chi connectivity index (χ1n) is 12.1. The van der Waals surface area contributed by atoms with E-state index in [-0.39, 0.29) is 42.6 Å². The number of hydrogen-bond acceptors (Lipinski definition) is 10. The third-order valence-corrected chi connectivity index (χ3v) is 8.15. The van der Waals surface area contributed by atoms with Crippen LogP contribution < -0.4 is 10.5 Å². The van der Waals surface area contributed by atoms with Gasteiger partial charge in [0.15, 0.2) is 0 Å². The van der Waals surface area contributed by atoms with Gasteiger partial charge in [-0.1, -0.05) is 6.07 Å². The Labute approximate surface area is 204 Å². The molecule has 0 unspecified atom stereocenters. The van der Waals surface area contributed by atoms with E-state index in [1.165, 1.54) is 0 Å². The second-order valence-corrected chi connectivity index (χ2v) is 9.89. The lowest BCUT2D eigenvalue weighted by Crippen LogP contribution is -2.44. The Kier molecular flexibility index (Phi) is 6.24. The first-order valence-corrected chi connectivity index (χ1v) is 12.1. The van der Waals surface area contributed by atoms with Crippen LogP contribution in [-0.4, -0.2) is 83.1 Å². The zero-order valence-electron chi connectivity index (χ0n) is 20.5. The molecule has 1 saturated carbocycles. The summed E-state index contributed by atoms with van der Waals surface area (Å²) >= 11 is 0. The molecule has 1 saturated heterocycles. The van der Waals surface area contributed by atoms with Crippen LogP contribution in [0.4, 0.5) is 5.82 Å². The fourth-order valence-electron chi connectivity index (χ4n) is 5.81. The van der Waals surface area contributed by atoms with Crippen molar-refractivity contribution in [2.45, 2.75) is 51.1 Å². The van der Waals surface area contributed by atoms with E-state index >= 15 is 0 Å². The maximum Gasteiger partial charge on any atom is 0.336 e. The molecule has 11 heteroatoms. The van der Waals surface area contributed by atoms with Crippen molar-refractivity contribution in [3.63, 3.8) is 0 Å². The molecule has 188 valence electrons. The van der Waals surface area contributed by atoms with Gasteiger partial charge in [0, 0.05) is 25.8 Å². The molecule has 1 amide bonds. The SMILES string of the molecule is CC1=C(N2CC[C@]3(CC[C@H](N(C)[C@H](CO)c4ccc(N5C=NNN5C)nc4)CC3)C2=O)COC1=O. The molecule has 3 aliphatic heterocycles. The number of nitrogens with zero attached hydrogens (tertiary/aromatic N) is 6. The van der Waals surface area contributed by atoms with Crippen LogP contribution in [-0.2, 0) is 14.3 Å². The number of esters is 1. The fourth-order valence-corrected chi connectivity index (χ4v) is 5.81. The number of pyridine rings is 1. The predicted molar refractivity (Wildman–Crippen MR) is 128 cm³/mol. The molecule has 4 aliphatic rings. The summed E-state index contributed by atoms with van der Waals surface area (Å²) in [7, 11) is 3.89. The Hall–Kier alpha value is -3.02. The first-order chi connectivity index (χ1) is 16.8. The zero-order chi connectivity index (χ0) is 24.7. The number of hydrazine groups is 2. The van der Waals surface area contributed by atoms with Crippen molar-refractivity contribution in [1.29, 1.82) is 0 Å². The molecule has 0 aromatic carbocycles. The van der Waals surface area contributed by atoms with Crippen molar-refractivity contribution in [2.75, 3.05) is 38.9 Å². The number of rotatable bonds is 6. The number of likely N-dealkylation sites (tertiary alicyclic amines) is 1. The number of carbonyl (C=O) groups is 2. The molecule has 35 heavy (non-hydrogen) atoms. The van der Waals surface area contributed by atoms with Crippen LogP contribution in [0, 0.1) is 5.41 Å². The summed E-state index contributed by atoms with van der Waals surface area (Å²) in [5.41, 5.74) is 4.69. The standard InChI is InChI=1S/C24H33N7O4/c1-16-20(14-35-22(16)33)30-11-10-24(23(30)34)8-6-18(7-9-24)28(2)19(13-32)17-4-5-21(25-12-17)31-15-26-27-29(31)3/h4-5,12,15,18-19,27,32H,6-11,13-14H2,1-3H3/t18-,19-,24+/m1/s1. The topological polar surface area (TPSA) is 114 Å². The van der Waals surface area contributed by atoms with E-state index in [1.807, 2.05) is 26.2 Å². The monoisotopic (exact) mass is 483 g/mol. The average molecular weight is 484 g/mol. The van der Waals surface area contributed by atoms with Crippen LogP contribution in [0.2, 0.25) is 0 Å². The lowest BCUT2D eigenvalue weighted by molar-refractivity contribution is -0.138. The number of aliphatic hydroxyl groups is 1. The molecular formula is C24H33N7O4. The number of carbonyl (C=O) groups excluding carboxylic acids is 2. The molecule has 1 aromatic heterocycles. The highest BCUT2D eigenvalue weighted by atomic mass is 16.5. The number of aliphatic hydroxyl groups excluding tert-OH is 1. The predicted octanol–water partition coefficient (Wildman–Crippen LogP) is 1.15. The minimum Gasteiger partial charge on any atom is -0.456 e. The van der Waals surface area contributed by atoms with E-state index in [2.05, 4.69) is 20.5 Å². The summed E-state index contributed by atoms with van der Waals surface area (Å²) in [6, 6.07) is 3.99. The number of nitrogens with one attached hydrogen (secondary N) is 1. The Morgan fingerprint density at radius 1 is 1.29 bits per heavy atom. The van der Waals surface area contributed by atoms with Gasteiger partial charge in [0.2, 0.25) is 5.91 Å². The third kappa shape index (κ3) is 4.07. The Morgan fingerprint density at radius 3 is 2.63 bits per heavy atom. The van der Waals surface area contributed by atoms with Gasteiger partial charge in [-0.2, -0.15) is 5.10 Å². The maximum atomic E-state index is 13.4. The quantitative estimate of drug-likeness (QED) is 0.575. The van der Waals surface area contributed by atoms with E-state index in [0.717, 1.165) is 49.2 Å². The van der Waals surface area contributed by atoms with E-state index in [0.29, 0.717) is 12.1 Å². The maximum absolute atomic E-state index is 13.4. The molecule has 1 aromatic rings. The lowest BCUT2D eigenvalue weighted by atomic mass is 9.71. The second kappa shape index (κ2) is 9.21. The molecule has 1 atom stereocenters. The van der Waals surface area contributed by atoms with Crippen molar-refractivity contribution in [3.8, 4) is 0 Å². The summed E-state index contributed by atoms with van der Waals surface area (Å²) in [5, 5.41) is 17.7. The number of hydrazone groups is 1. The number of aromatic nitrogens is 1. The average Bonchev–Trinajstić information content (AvgIpc) is 3.54. The molecule has 4 heterocycles. The van der Waals surface area contributed by atoms with Crippen LogP contribution in [0.5, 0.6) is 0 Å². The zero-order valence-corrected chi connectivity index (χ0v) is 20.5. The van der Waals surface area contributed by atoms with Gasteiger partial charge in [0.25, 0.3) is 0 Å². The fraction of sp³-hybridized carbons (Fsp3) is 0.583. The largest absolute Gasteiger partial charge is 0.456 e. The number of anilines is 1. The highest BCUT2D eigenvalue weighted by molar-refractivity contribution is 5.94. The van der Waals surface area contributed by atoms with Gasteiger partial charge in [-0.25, -0.2) is 20.3 Å². The Morgan fingerprint density at radius 2 is 2.06 bits per heavy atom. The Balaban J connectivity index is 1.23. The summed E-state index contributed by atoms with van der Waals surface area (Å²) in [5.74, 6) is 0.538. The van der Waals surface area contributed by atoms with E-state index in [1.54, 1.807) is 34.5 Å². The third-order valence-electron chi connectivity index (χ3n) is 8.15. The van der Waals surface area contributed by atoms with Crippen molar-refractivity contribution in [3.05, 3.63) is 35.2 Å². The lowest BCUT2D eigenvalue weighted by Gasteiger charge is -2.42. The van der Waals surface area contributed by atoms with Crippen molar-refractivity contribution >= 4 is 24.0 Å². The van der Waals surface area contributed by atoms with Gasteiger partial charge in [-0.3, -0.25) is 9.69 Å². The van der Waals surface area contributed by atoms with Gasteiger partial charge in [0.05, 0.1) is 29.3 Å². The van der Waals surface area contributed by atoms with Crippen LogP contribution in [0.1, 0.15) is 50.6 Å². The van der Waals surface area contributed by atoms with E-state index in [9.17, 15) is 14.7 Å². The number of amides is 1. The Bertz CT molecular complexity index is 1050. The number of hydrogen-bond donors (Lipinski definition) is 2. The van der Waals surface area contributed by atoms with Gasteiger partial charge < -0.3 is 14.7 Å². The summed E-state index contributed by atoms with van der Waals surface area (Å²) < 4.78 is 5.13. The first kappa shape index (κ1) is 23.7. The minimum atomic E-state index is -0.356. The molecule has 5 rings (SSSR count). The molecule has 2 N–H and O–H groups in total. The van der Waals surface area contributed by atoms with Crippen molar-refractivity contribution < 1.29 is 19.4 Å². The van der Waals surface area contributed by atoms with Crippen molar-refractivity contribution in [1.82, 2.24) is 25.4 Å². The summed E-state index contributed by atoms with van der Waals surface area (Å²) in [4.78, 5) is 33.8. The van der Waals surface area contributed by atoms with Gasteiger partial charge in [-0.15, -0.1) is 5.12 Å².